The Bertz CT molecular complexity index is 1410. The zero-order valence-corrected chi connectivity index (χ0v) is 20.1. The van der Waals surface area contributed by atoms with Crippen molar-refractivity contribution in [2.24, 2.45) is 0 Å². The van der Waals surface area contributed by atoms with Gasteiger partial charge in [0.05, 0.1) is 0 Å². The summed E-state index contributed by atoms with van der Waals surface area (Å²) in [6.45, 7) is 5.96. The molecule has 0 radical (unpaired) electrons. The lowest BCUT2D eigenvalue weighted by Gasteiger charge is -2.16. The average molecular weight is 465 g/mol. The van der Waals surface area contributed by atoms with E-state index in [0.717, 1.165) is 63.7 Å². The van der Waals surface area contributed by atoms with E-state index in [4.69, 9.17) is 0 Å². The van der Waals surface area contributed by atoms with Crippen LogP contribution in [-0.2, 0) is 12.8 Å². The first-order chi connectivity index (χ1) is 16.9. The molecule has 3 aromatic carbocycles. The van der Waals surface area contributed by atoms with Crippen LogP contribution in [0.5, 0.6) is 0 Å². The summed E-state index contributed by atoms with van der Waals surface area (Å²) in [6, 6.07) is 20.0. The summed E-state index contributed by atoms with van der Waals surface area (Å²) >= 11 is 0. The Hall–Kier alpha value is -4.39. The number of nitrogens with zero attached hydrogens (tertiary/aromatic N) is 2. The van der Waals surface area contributed by atoms with Crippen LogP contribution in [0.2, 0.25) is 0 Å². The first-order valence-electron chi connectivity index (χ1n) is 11.7. The molecule has 0 atom stereocenters. The smallest absolute Gasteiger partial charge is 0.323 e. The van der Waals surface area contributed by atoms with Crippen LogP contribution in [0.1, 0.15) is 27.8 Å². The molecule has 6 bridgehead atoms. The Morgan fingerprint density at radius 3 is 2.54 bits per heavy atom. The van der Waals surface area contributed by atoms with Gasteiger partial charge in [-0.05, 0) is 92.3 Å². The highest BCUT2D eigenvalue weighted by molar-refractivity contribution is 6.01. The summed E-state index contributed by atoms with van der Waals surface area (Å²) in [5.74, 6) is 1.27. The highest BCUT2D eigenvalue weighted by Crippen LogP contribution is 2.28. The van der Waals surface area contributed by atoms with Crippen molar-refractivity contribution in [3.63, 3.8) is 0 Å². The maximum absolute atomic E-state index is 12.9. The second-order valence-corrected chi connectivity index (χ2v) is 8.95. The lowest BCUT2D eigenvalue weighted by Crippen LogP contribution is -2.21. The van der Waals surface area contributed by atoms with E-state index in [1.807, 2.05) is 63.2 Å². The number of benzene rings is 3. The van der Waals surface area contributed by atoms with E-state index >= 15 is 0 Å². The second kappa shape index (κ2) is 9.46. The molecule has 0 aliphatic carbocycles. The van der Waals surface area contributed by atoms with Gasteiger partial charge in [-0.25, -0.2) is 9.78 Å². The Morgan fingerprint density at radius 1 is 0.829 bits per heavy atom. The lowest BCUT2D eigenvalue weighted by molar-refractivity contribution is 0.262. The minimum absolute atomic E-state index is 0.263. The Balaban J connectivity index is 1.46. The predicted octanol–water partition coefficient (Wildman–Crippen LogP) is 6.63. The van der Waals surface area contributed by atoms with E-state index in [0.29, 0.717) is 5.95 Å². The number of aromatic nitrogens is 2. The fourth-order valence-electron chi connectivity index (χ4n) is 4.12. The number of anilines is 6. The molecule has 0 fully saturated rings. The Labute approximate surface area is 205 Å². The van der Waals surface area contributed by atoms with Gasteiger partial charge in [0.2, 0.25) is 5.95 Å². The number of hydrogen-bond acceptors (Lipinski definition) is 5. The van der Waals surface area contributed by atoms with Gasteiger partial charge in [0.1, 0.15) is 5.82 Å². The average Bonchev–Trinajstić information content (AvgIpc) is 2.84. The predicted molar refractivity (Wildman–Crippen MR) is 142 cm³/mol. The fraction of sp³-hybridized carbons (Fsp3) is 0.179. The van der Waals surface area contributed by atoms with E-state index in [1.54, 1.807) is 6.20 Å². The summed E-state index contributed by atoms with van der Waals surface area (Å²) in [5.41, 5.74) is 8.71. The topological polar surface area (TPSA) is 91.0 Å². The van der Waals surface area contributed by atoms with Crippen molar-refractivity contribution < 1.29 is 4.79 Å². The molecular weight excluding hydrogens is 436 g/mol. The molecular formula is C28H28N6O. The Kier molecular flexibility index (Phi) is 6.06. The van der Waals surface area contributed by atoms with Gasteiger partial charge < -0.3 is 21.3 Å². The molecule has 176 valence electrons. The zero-order chi connectivity index (χ0) is 24.4. The number of carbonyl (C=O) groups excluding carboxylic acids is 1. The van der Waals surface area contributed by atoms with E-state index < -0.39 is 0 Å². The molecule has 0 unspecified atom stereocenters. The van der Waals surface area contributed by atoms with Crippen molar-refractivity contribution >= 4 is 40.5 Å². The summed E-state index contributed by atoms with van der Waals surface area (Å²) < 4.78 is 0. The number of amides is 2. The van der Waals surface area contributed by atoms with E-state index in [2.05, 4.69) is 49.4 Å². The van der Waals surface area contributed by atoms with Crippen LogP contribution < -0.4 is 21.3 Å². The molecule has 0 spiro atoms. The molecule has 1 aromatic heterocycles. The van der Waals surface area contributed by atoms with Crippen molar-refractivity contribution in [3.05, 3.63) is 94.7 Å². The quantitative estimate of drug-likeness (QED) is 0.267. The van der Waals surface area contributed by atoms with Gasteiger partial charge in [0.15, 0.2) is 0 Å². The summed E-state index contributed by atoms with van der Waals surface area (Å²) in [5, 5.41) is 12.7. The standard InChI is InChI=1S/C28H28N6O/c1-17-7-8-18(2)25(13-17)33-28(35)32-24-12-11-23-15-21(24)10-9-20-5-4-6-22(14-20)31-27-29-16-19(3)26(30-23)34-27/h4-8,11-16H,9-10H2,1-3H3,(H2,32,33,35)(H2,29,30,31,34). The van der Waals surface area contributed by atoms with E-state index in [9.17, 15) is 4.79 Å². The van der Waals surface area contributed by atoms with Gasteiger partial charge in [-0.15, -0.1) is 0 Å². The summed E-state index contributed by atoms with van der Waals surface area (Å²) in [6.07, 6.45) is 3.39. The molecule has 1 aliphatic rings. The van der Waals surface area contributed by atoms with Crippen LogP contribution in [0.25, 0.3) is 0 Å². The molecule has 4 N–H and O–H groups in total. The molecule has 4 aromatic rings. The molecule has 2 heterocycles. The van der Waals surface area contributed by atoms with Crippen LogP contribution in [0, 0.1) is 20.8 Å². The third-order valence-corrected chi connectivity index (χ3v) is 6.10. The first kappa shape index (κ1) is 22.4. The number of nitrogens with one attached hydrogen (secondary N) is 4. The van der Waals surface area contributed by atoms with Crippen LogP contribution in [0.3, 0.4) is 0 Å². The van der Waals surface area contributed by atoms with E-state index in [-0.39, 0.29) is 6.03 Å². The van der Waals surface area contributed by atoms with Gasteiger partial charge >= 0.3 is 6.03 Å². The van der Waals surface area contributed by atoms with Crippen molar-refractivity contribution in [2.75, 3.05) is 21.3 Å². The number of rotatable bonds is 2. The van der Waals surface area contributed by atoms with Gasteiger partial charge in [0.25, 0.3) is 0 Å². The Morgan fingerprint density at radius 2 is 1.66 bits per heavy atom. The van der Waals surface area contributed by atoms with Crippen LogP contribution >= 0.6 is 0 Å². The summed E-state index contributed by atoms with van der Waals surface area (Å²) in [7, 11) is 0. The normalized spacial score (nSPS) is 12.2. The van der Waals surface area contributed by atoms with Gasteiger partial charge in [-0.2, -0.15) is 4.98 Å². The van der Waals surface area contributed by atoms with Gasteiger partial charge in [-0.3, -0.25) is 0 Å². The maximum Gasteiger partial charge on any atom is 0.323 e. The molecule has 7 heteroatoms. The van der Waals surface area contributed by atoms with Crippen molar-refractivity contribution in [1.82, 2.24) is 9.97 Å². The van der Waals surface area contributed by atoms with Crippen molar-refractivity contribution in [1.29, 1.82) is 0 Å². The number of carbonyl (C=O) groups is 1. The fourth-order valence-corrected chi connectivity index (χ4v) is 4.12. The molecule has 1 aliphatic heterocycles. The van der Waals surface area contributed by atoms with Crippen molar-refractivity contribution in [3.8, 4) is 0 Å². The van der Waals surface area contributed by atoms with Gasteiger partial charge in [0, 0.05) is 34.5 Å². The molecule has 0 saturated carbocycles. The number of aryl methyl sites for hydroxylation is 5. The minimum atomic E-state index is -0.263. The van der Waals surface area contributed by atoms with Crippen LogP contribution in [0.4, 0.5) is 39.3 Å². The largest absolute Gasteiger partial charge is 0.340 e. The van der Waals surface area contributed by atoms with E-state index in [1.165, 1.54) is 5.56 Å². The third-order valence-electron chi connectivity index (χ3n) is 6.10. The SMILES string of the molecule is Cc1ccc(C)c(NC(=O)Nc2ccc3cc2CCc2cccc(c2)Nc2ncc(C)c(n2)N3)c1. The third kappa shape index (κ3) is 5.24. The summed E-state index contributed by atoms with van der Waals surface area (Å²) in [4.78, 5) is 22.0. The molecule has 2 amide bonds. The molecule has 0 saturated heterocycles. The zero-order valence-electron chi connectivity index (χ0n) is 20.1. The monoisotopic (exact) mass is 464 g/mol. The molecule has 35 heavy (non-hydrogen) atoms. The first-order valence-corrected chi connectivity index (χ1v) is 11.7. The highest BCUT2D eigenvalue weighted by Gasteiger charge is 2.13. The molecule has 7 nitrogen and oxygen atoms in total. The number of fused-ring (bicyclic) bond motifs is 6. The van der Waals surface area contributed by atoms with Crippen LogP contribution in [0.15, 0.2) is 66.9 Å². The second-order valence-electron chi connectivity index (χ2n) is 8.95. The highest BCUT2D eigenvalue weighted by atomic mass is 16.2. The molecule has 5 rings (SSSR count). The lowest BCUT2D eigenvalue weighted by atomic mass is 10.0. The van der Waals surface area contributed by atoms with Crippen LogP contribution in [-0.4, -0.2) is 16.0 Å². The maximum atomic E-state index is 12.9. The van der Waals surface area contributed by atoms with Crippen molar-refractivity contribution in [2.45, 2.75) is 33.6 Å². The number of hydrogen-bond donors (Lipinski definition) is 4. The minimum Gasteiger partial charge on any atom is -0.340 e. The number of urea groups is 1. The van der Waals surface area contributed by atoms with Gasteiger partial charge in [-0.1, -0.05) is 24.3 Å².